The van der Waals surface area contributed by atoms with Gasteiger partial charge in [-0.2, -0.15) is 0 Å². The molecular weight excluding hydrogens is 292 g/mol. The van der Waals surface area contributed by atoms with Gasteiger partial charge >= 0.3 is 0 Å². The van der Waals surface area contributed by atoms with Crippen molar-refractivity contribution in [2.24, 2.45) is 0 Å². The molecule has 2 aromatic carbocycles. The number of benzene rings is 2. The van der Waals surface area contributed by atoms with E-state index in [2.05, 4.69) is 5.32 Å². The summed E-state index contributed by atoms with van der Waals surface area (Å²) in [5.41, 5.74) is 0.218. The van der Waals surface area contributed by atoms with Crippen molar-refractivity contribution in [2.45, 2.75) is 12.6 Å². The third-order valence-corrected chi connectivity index (χ3v) is 3.28. The topological polar surface area (TPSA) is 61.7 Å². The van der Waals surface area contributed by atoms with Crippen LogP contribution < -0.4 is 10.1 Å². The minimum Gasteiger partial charge on any atom is -0.507 e. The van der Waals surface area contributed by atoms with Gasteiger partial charge in [0, 0.05) is 24.7 Å². The molecule has 0 aliphatic heterocycles. The first-order valence-corrected chi connectivity index (χ1v) is 6.71. The normalized spacial score (nSPS) is 12.2. The molecule has 0 radical (unpaired) electrons. The van der Waals surface area contributed by atoms with Gasteiger partial charge in [-0.25, -0.2) is 8.78 Å². The second kappa shape index (κ2) is 7.20. The van der Waals surface area contributed by atoms with Crippen LogP contribution in [0.4, 0.5) is 8.78 Å². The fraction of sp³-hybridized carbons (Fsp3) is 0.250. The van der Waals surface area contributed by atoms with E-state index in [0.29, 0.717) is 11.3 Å². The SMILES string of the molecule is COc1ccc(CNCC(O)c2c(F)cccc2F)c(O)c1. The zero-order chi connectivity index (χ0) is 16.1. The van der Waals surface area contributed by atoms with Crippen LogP contribution in [-0.2, 0) is 6.54 Å². The van der Waals surface area contributed by atoms with Gasteiger partial charge in [0.15, 0.2) is 0 Å². The second-order valence-corrected chi connectivity index (χ2v) is 4.78. The maximum Gasteiger partial charge on any atom is 0.131 e. The Morgan fingerprint density at radius 1 is 1.18 bits per heavy atom. The molecule has 4 nitrogen and oxygen atoms in total. The van der Waals surface area contributed by atoms with Crippen molar-refractivity contribution < 1.29 is 23.7 Å². The van der Waals surface area contributed by atoms with Gasteiger partial charge < -0.3 is 20.3 Å². The number of aliphatic hydroxyl groups is 1. The van der Waals surface area contributed by atoms with E-state index in [1.165, 1.54) is 19.2 Å². The smallest absolute Gasteiger partial charge is 0.131 e. The Kier molecular flexibility index (Phi) is 5.30. The number of hydrogen-bond acceptors (Lipinski definition) is 4. The van der Waals surface area contributed by atoms with Crippen LogP contribution in [0.1, 0.15) is 17.2 Å². The Balaban J connectivity index is 1.96. The van der Waals surface area contributed by atoms with E-state index in [0.717, 1.165) is 12.1 Å². The number of hydrogen-bond donors (Lipinski definition) is 3. The van der Waals surface area contributed by atoms with E-state index in [1.807, 2.05) is 0 Å². The molecule has 2 rings (SSSR count). The highest BCUT2D eigenvalue weighted by Gasteiger charge is 2.17. The summed E-state index contributed by atoms with van der Waals surface area (Å²) in [6.45, 7) is 0.187. The first kappa shape index (κ1) is 16.2. The second-order valence-electron chi connectivity index (χ2n) is 4.78. The van der Waals surface area contributed by atoms with E-state index in [9.17, 15) is 19.0 Å². The average Bonchev–Trinajstić information content (AvgIpc) is 2.48. The molecule has 0 bridgehead atoms. The fourth-order valence-corrected chi connectivity index (χ4v) is 2.09. The van der Waals surface area contributed by atoms with Crippen molar-refractivity contribution in [3.05, 3.63) is 59.2 Å². The quantitative estimate of drug-likeness (QED) is 0.767. The summed E-state index contributed by atoms with van der Waals surface area (Å²) in [5.74, 6) is -1.02. The summed E-state index contributed by atoms with van der Waals surface area (Å²) >= 11 is 0. The van der Waals surface area contributed by atoms with Crippen molar-refractivity contribution in [1.82, 2.24) is 5.32 Å². The van der Waals surface area contributed by atoms with Gasteiger partial charge in [0.1, 0.15) is 23.1 Å². The van der Waals surface area contributed by atoms with Crippen LogP contribution in [-0.4, -0.2) is 23.9 Å². The van der Waals surface area contributed by atoms with Crippen molar-refractivity contribution in [2.75, 3.05) is 13.7 Å². The predicted molar refractivity (Wildman–Crippen MR) is 77.7 cm³/mol. The average molecular weight is 309 g/mol. The summed E-state index contributed by atoms with van der Waals surface area (Å²) in [7, 11) is 1.49. The Bertz CT molecular complexity index is 629. The molecule has 0 aromatic heterocycles. The number of phenols is 1. The number of rotatable bonds is 6. The van der Waals surface area contributed by atoms with Crippen LogP contribution in [0.25, 0.3) is 0 Å². The van der Waals surface area contributed by atoms with Crippen LogP contribution in [0.15, 0.2) is 36.4 Å². The maximum atomic E-state index is 13.5. The number of halogens is 2. The first-order valence-electron chi connectivity index (χ1n) is 6.71. The molecule has 0 fully saturated rings. The molecule has 0 aliphatic rings. The van der Waals surface area contributed by atoms with Gasteiger partial charge in [-0.05, 0) is 18.2 Å². The largest absolute Gasteiger partial charge is 0.507 e. The maximum absolute atomic E-state index is 13.5. The molecular formula is C16H17F2NO3. The van der Waals surface area contributed by atoms with Gasteiger partial charge in [-0.3, -0.25) is 0 Å². The highest BCUT2D eigenvalue weighted by molar-refractivity contribution is 5.39. The van der Waals surface area contributed by atoms with E-state index < -0.39 is 17.7 Å². The standard InChI is InChI=1S/C16H17F2NO3/c1-22-11-6-5-10(14(20)7-11)8-19-9-15(21)16-12(17)3-2-4-13(16)18/h2-7,15,19-21H,8-9H2,1H3. The highest BCUT2D eigenvalue weighted by Crippen LogP contribution is 2.24. The molecule has 0 amide bonds. The van der Waals surface area contributed by atoms with Gasteiger partial charge in [0.25, 0.3) is 0 Å². The lowest BCUT2D eigenvalue weighted by molar-refractivity contribution is 0.164. The van der Waals surface area contributed by atoms with E-state index >= 15 is 0 Å². The Hall–Kier alpha value is -2.18. The fourth-order valence-electron chi connectivity index (χ4n) is 2.09. The molecule has 0 saturated carbocycles. The molecule has 0 aliphatic carbocycles. The van der Waals surface area contributed by atoms with Gasteiger partial charge in [-0.15, -0.1) is 0 Å². The lowest BCUT2D eigenvalue weighted by Gasteiger charge is -2.14. The van der Waals surface area contributed by atoms with Gasteiger partial charge in [0.05, 0.1) is 18.8 Å². The van der Waals surface area contributed by atoms with Crippen molar-refractivity contribution in [3.8, 4) is 11.5 Å². The van der Waals surface area contributed by atoms with Crippen molar-refractivity contribution in [3.63, 3.8) is 0 Å². The minimum absolute atomic E-state index is 0.0402. The van der Waals surface area contributed by atoms with Crippen LogP contribution in [0.5, 0.6) is 11.5 Å². The summed E-state index contributed by atoms with van der Waals surface area (Å²) in [6, 6.07) is 8.24. The molecule has 0 spiro atoms. The number of aromatic hydroxyl groups is 1. The van der Waals surface area contributed by atoms with Gasteiger partial charge in [0.2, 0.25) is 0 Å². The Morgan fingerprint density at radius 3 is 2.45 bits per heavy atom. The molecule has 2 aromatic rings. The summed E-state index contributed by atoms with van der Waals surface area (Å²) < 4.78 is 32.0. The molecule has 22 heavy (non-hydrogen) atoms. The van der Waals surface area contributed by atoms with Crippen LogP contribution in [0, 0.1) is 11.6 Å². The van der Waals surface area contributed by atoms with Gasteiger partial charge in [-0.1, -0.05) is 12.1 Å². The number of aliphatic hydroxyl groups excluding tert-OH is 1. The third-order valence-electron chi connectivity index (χ3n) is 3.28. The number of ether oxygens (including phenoxy) is 1. The van der Waals surface area contributed by atoms with E-state index in [4.69, 9.17) is 4.74 Å². The third kappa shape index (κ3) is 3.72. The lowest BCUT2D eigenvalue weighted by atomic mass is 10.1. The van der Waals surface area contributed by atoms with E-state index in [-0.39, 0.29) is 24.4 Å². The van der Waals surface area contributed by atoms with Crippen LogP contribution in [0.2, 0.25) is 0 Å². The van der Waals surface area contributed by atoms with Crippen LogP contribution >= 0.6 is 0 Å². The number of phenolic OH excluding ortho intramolecular Hbond substituents is 1. The molecule has 0 heterocycles. The summed E-state index contributed by atoms with van der Waals surface area (Å²) in [5, 5.41) is 22.5. The molecule has 0 saturated heterocycles. The Labute approximate surface area is 127 Å². The summed E-state index contributed by atoms with van der Waals surface area (Å²) in [6.07, 6.45) is -1.32. The molecule has 1 unspecified atom stereocenters. The minimum atomic E-state index is -1.32. The van der Waals surface area contributed by atoms with Crippen molar-refractivity contribution in [1.29, 1.82) is 0 Å². The molecule has 1 atom stereocenters. The number of nitrogens with one attached hydrogen (secondary N) is 1. The molecule has 118 valence electrons. The number of methoxy groups -OCH3 is 1. The molecule has 3 N–H and O–H groups in total. The zero-order valence-corrected chi connectivity index (χ0v) is 12.0. The molecule has 6 heteroatoms. The van der Waals surface area contributed by atoms with Crippen LogP contribution in [0.3, 0.4) is 0 Å². The zero-order valence-electron chi connectivity index (χ0n) is 12.0. The first-order chi connectivity index (χ1) is 10.5. The highest BCUT2D eigenvalue weighted by atomic mass is 19.1. The van der Waals surface area contributed by atoms with Crippen molar-refractivity contribution >= 4 is 0 Å². The predicted octanol–water partition coefficient (Wildman–Crippen LogP) is 2.50. The lowest BCUT2D eigenvalue weighted by Crippen LogP contribution is -2.22. The Morgan fingerprint density at radius 2 is 1.86 bits per heavy atom. The van der Waals surface area contributed by atoms with E-state index in [1.54, 1.807) is 12.1 Å². The monoisotopic (exact) mass is 309 g/mol. The summed E-state index contributed by atoms with van der Waals surface area (Å²) in [4.78, 5) is 0.